The second-order valence-corrected chi connectivity index (χ2v) is 18.3. The molecule has 0 aromatic heterocycles. The Morgan fingerprint density at radius 3 is 1.36 bits per heavy atom. The topological polar surface area (TPSA) is 149 Å². The average molecular weight is 885 g/mol. The van der Waals surface area contributed by atoms with Gasteiger partial charge in [0.2, 0.25) is 0 Å². The Labute approximate surface area is 373 Å². The fourth-order valence-electron chi connectivity index (χ4n) is 6.91. The second kappa shape index (κ2) is 46.2. The maximum absolute atomic E-state index is 12.6. The Bertz CT molecular complexity index is 1110. The molecule has 0 heterocycles. The monoisotopic (exact) mass is 885 g/mol. The summed E-state index contributed by atoms with van der Waals surface area (Å²) < 4.78 is 32.8. The van der Waals surface area contributed by atoms with Crippen LogP contribution in [0.25, 0.3) is 0 Å². The number of rotatable bonds is 47. The predicted octanol–water partition coefficient (Wildman–Crippen LogP) is 13.9. The number of carbonyl (C=O) groups excluding carboxylic acids is 2. The quantitative estimate of drug-likeness (QED) is 0.0233. The van der Waals surface area contributed by atoms with Gasteiger partial charge in [0, 0.05) is 12.8 Å². The Balaban J connectivity index is 4.19. The molecule has 0 aliphatic carbocycles. The first kappa shape index (κ1) is 59.2. The van der Waals surface area contributed by atoms with Gasteiger partial charge in [0.05, 0.1) is 19.8 Å². The Morgan fingerprint density at radius 1 is 0.492 bits per heavy atom. The summed E-state index contributed by atoms with van der Waals surface area (Å²) in [5, 5.41) is 18.4. The van der Waals surface area contributed by atoms with Crippen molar-refractivity contribution in [3.63, 3.8) is 0 Å². The summed E-state index contributed by atoms with van der Waals surface area (Å²) in [6, 6.07) is 0. The molecule has 0 aliphatic heterocycles. The molecule has 0 radical (unpaired) electrons. The van der Waals surface area contributed by atoms with E-state index in [-0.39, 0.29) is 19.4 Å². The molecule has 10 nitrogen and oxygen atoms in total. The van der Waals surface area contributed by atoms with Crippen molar-refractivity contribution in [1.29, 1.82) is 0 Å². The van der Waals surface area contributed by atoms with Gasteiger partial charge < -0.3 is 24.6 Å². The molecule has 61 heavy (non-hydrogen) atoms. The first-order valence-corrected chi connectivity index (χ1v) is 26.4. The number of unbranched alkanes of at least 4 members (excludes halogenated alkanes) is 27. The Kier molecular flexibility index (Phi) is 44.8. The number of aliphatic hydroxyl groups is 2. The van der Waals surface area contributed by atoms with Crippen molar-refractivity contribution in [2.75, 3.05) is 26.4 Å². The van der Waals surface area contributed by atoms with E-state index < -0.39 is 51.8 Å². The zero-order valence-electron chi connectivity index (χ0n) is 39.1. The van der Waals surface area contributed by atoms with E-state index in [1.807, 2.05) is 0 Å². The minimum absolute atomic E-state index is 0.163. The van der Waals surface area contributed by atoms with Crippen molar-refractivity contribution in [1.82, 2.24) is 0 Å². The van der Waals surface area contributed by atoms with E-state index in [0.717, 1.165) is 57.8 Å². The van der Waals surface area contributed by atoms with Gasteiger partial charge in [0.25, 0.3) is 0 Å². The molecule has 11 heteroatoms. The van der Waals surface area contributed by atoms with Crippen molar-refractivity contribution < 1.29 is 47.8 Å². The lowest BCUT2D eigenvalue weighted by atomic mass is 10.0. The minimum atomic E-state index is -4.63. The molecule has 0 bridgehead atoms. The summed E-state index contributed by atoms with van der Waals surface area (Å²) in [5.74, 6) is -0.971. The molecule has 0 aliphatic rings. The van der Waals surface area contributed by atoms with Crippen LogP contribution in [0, 0.1) is 0 Å². The van der Waals surface area contributed by atoms with E-state index >= 15 is 0 Å². The van der Waals surface area contributed by atoms with Crippen LogP contribution in [0.4, 0.5) is 0 Å². The highest BCUT2D eigenvalue weighted by molar-refractivity contribution is 7.47. The number of hydrogen-bond acceptors (Lipinski definition) is 9. The number of esters is 2. The first-order chi connectivity index (χ1) is 29.7. The SMILES string of the molecule is CCCCC/C=C/C/C=C/CCCCCCCC(=O)O[C@@H](COC(=O)CCC/C=C/CCCCCCCCCCCCCCCCCCCC)COP(=O)(O)OC[C@H](O)CO. The number of carbonyl (C=O) groups is 2. The third-order valence-electron chi connectivity index (χ3n) is 10.8. The van der Waals surface area contributed by atoms with Gasteiger partial charge in [-0.1, -0.05) is 192 Å². The number of ether oxygens (including phenoxy) is 2. The van der Waals surface area contributed by atoms with Crippen LogP contribution >= 0.6 is 7.82 Å². The number of phosphoric acid groups is 1. The standard InChI is InChI=1S/C50H93O10P/c1-3-5-7-9-11-13-15-17-19-20-21-22-23-24-25-26-28-29-31-33-35-37-39-41-49(53)57-45-48(46-59-61(55,56)58-44-47(52)43-51)60-50(54)42-40-38-36-34-32-30-27-18-16-14-12-10-8-6-4-2/h12,14,18,27,33,35,47-48,51-52H,3-11,13,15-17,19-26,28-32,34,36-46H2,1-2H3,(H,55,56)/b14-12+,27-18+,35-33+/t47-,48+/m1/s1. The summed E-state index contributed by atoms with van der Waals surface area (Å²) >= 11 is 0. The summed E-state index contributed by atoms with van der Waals surface area (Å²) in [7, 11) is -4.63. The highest BCUT2D eigenvalue weighted by atomic mass is 31.2. The molecule has 0 saturated heterocycles. The fraction of sp³-hybridized carbons (Fsp3) is 0.840. The number of hydrogen-bond donors (Lipinski definition) is 3. The van der Waals surface area contributed by atoms with Gasteiger partial charge in [0.1, 0.15) is 12.7 Å². The van der Waals surface area contributed by atoms with E-state index in [1.165, 1.54) is 135 Å². The molecule has 3 atom stereocenters. The summed E-state index contributed by atoms with van der Waals surface area (Å²) in [4.78, 5) is 35.1. The Morgan fingerprint density at radius 2 is 0.869 bits per heavy atom. The van der Waals surface area contributed by atoms with Crippen LogP contribution < -0.4 is 0 Å². The molecular weight excluding hydrogens is 792 g/mol. The van der Waals surface area contributed by atoms with E-state index in [9.17, 15) is 24.2 Å². The zero-order chi connectivity index (χ0) is 44.8. The van der Waals surface area contributed by atoms with Crippen molar-refractivity contribution in [3.05, 3.63) is 36.5 Å². The molecule has 0 saturated carbocycles. The average Bonchev–Trinajstić information content (AvgIpc) is 3.25. The Hall–Kier alpha value is -1.81. The summed E-state index contributed by atoms with van der Waals surface area (Å²) in [6.07, 6.45) is 49.9. The zero-order valence-corrected chi connectivity index (χ0v) is 40.0. The summed E-state index contributed by atoms with van der Waals surface area (Å²) in [6.45, 7) is 2.34. The van der Waals surface area contributed by atoms with Crippen LogP contribution in [0.15, 0.2) is 36.5 Å². The smallest absolute Gasteiger partial charge is 0.462 e. The molecule has 0 rings (SSSR count). The van der Waals surface area contributed by atoms with E-state index in [2.05, 4.69) is 50.3 Å². The lowest BCUT2D eigenvalue weighted by Gasteiger charge is -2.20. The lowest BCUT2D eigenvalue weighted by molar-refractivity contribution is -0.161. The maximum Gasteiger partial charge on any atom is 0.472 e. The van der Waals surface area contributed by atoms with Gasteiger partial charge >= 0.3 is 19.8 Å². The van der Waals surface area contributed by atoms with Gasteiger partial charge in [-0.3, -0.25) is 18.6 Å². The third-order valence-corrected chi connectivity index (χ3v) is 11.7. The molecule has 358 valence electrons. The van der Waals surface area contributed by atoms with Gasteiger partial charge in [-0.25, -0.2) is 4.57 Å². The highest BCUT2D eigenvalue weighted by Crippen LogP contribution is 2.43. The van der Waals surface area contributed by atoms with E-state index in [0.29, 0.717) is 12.8 Å². The molecule has 0 fully saturated rings. The second-order valence-electron chi connectivity index (χ2n) is 16.8. The highest BCUT2D eigenvalue weighted by Gasteiger charge is 2.27. The predicted molar refractivity (Wildman–Crippen MR) is 251 cm³/mol. The van der Waals surface area contributed by atoms with E-state index in [4.69, 9.17) is 23.6 Å². The molecule has 0 aromatic carbocycles. The minimum Gasteiger partial charge on any atom is -0.462 e. The van der Waals surface area contributed by atoms with E-state index in [1.54, 1.807) is 0 Å². The van der Waals surface area contributed by atoms with Crippen LogP contribution in [-0.2, 0) is 32.7 Å². The normalized spacial score (nSPS) is 14.0. The molecule has 3 N–H and O–H groups in total. The van der Waals surface area contributed by atoms with Gasteiger partial charge in [-0.15, -0.1) is 0 Å². The number of allylic oxidation sites excluding steroid dienone is 6. The van der Waals surface area contributed by atoms with Crippen LogP contribution in [0.3, 0.4) is 0 Å². The van der Waals surface area contributed by atoms with Gasteiger partial charge in [0.15, 0.2) is 6.10 Å². The molecule has 1 unspecified atom stereocenters. The molecular formula is C50H93O10P. The van der Waals surface area contributed by atoms with Crippen LogP contribution in [-0.4, -0.2) is 65.7 Å². The van der Waals surface area contributed by atoms with Crippen molar-refractivity contribution >= 4 is 19.8 Å². The van der Waals surface area contributed by atoms with Gasteiger partial charge in [-0.05, 0) is 64.2 Å². The number of aliphatic hydroxyl groups excluding tert-OH is 2. The largest absolute Gasteiger partial charge is 0.472 e. The molecule has 0 spiro atoms. The fourth-order valence-corrected chi connectivity index (χ4v) is 7.70. The lowest BCUT2D eigenvalue weighted by Crippen LogP contribution is -2.29. The molecule has 0 amide bonds. The van der Waals surface area contributed by atoms with Crippen LogP contribution in [0.5, 0.6) is 0 Å². The van der Waals surface area contributed by atoms with Crippen molar-refractivity contribution in [2.24, 2.45) is 0 Å². The third kappa shape index (κ3) is 46.0. The maximum atomic E-state index is 12.6. The van der Waals surface area contributed by atoms with Crippen molar-refractivity contribution in [3.8, 4) is 0 Å². The first-order valence-electron chi connectivity index (χ1n) is 24.9. The van der Waals surface area contributed by atoms with Crippen LogP contribution in [0.2, 0.25) is 0 Å². The number of phosphoric ester groups is 1. The molecule has 0 aromatic rings. The summed E-state index contributed by atoms with van der Waals surface area (Å²) in [5.41, 5.74) is 0. The van der Waals surface area contributed by atoms with Gasteiger partial charge in [-0.2, -0.15) is 0 Å². The van der Waals surface area contributed by atoms with Crippen LogP contribution in [0.1, 0.15) is 232 Å². The van der Waals surface area contributed by atoms with Crippen molar-refractivity contribution in [2.45, 2.75) is 244 Å².